The van der Waals surface area contributed by atoms with E-state index in [2.05, 4.69) is 20.3 Å². The van der Waals surface area contributed by atoms with Gasteiger partial charge in [-0.1, -0.05) is 24.3 Å². The molecule has 4 heteroatoms. The molecule has 0 N–H and O–H groups in total. The van der Waals surface area contributed by atoms with Crippen LogP contribution >= 0.6 is 24.4 Å². The molecule has 0 amide bonds. The molecule has 0 bridgehead atoms. The van der Waals surface area contributed by atoms with E-state index in [1.807, 2.05) is 50.2 Å². The van der Waals surface area contributed by atoms with Crippen LogP contribution in [-0.4, -0.2) is 10.3 Å². The molecule has 0 fully saturated rings. The quantitative estimate of drug-likeness (QED) is 0.556. The molecule has 0 saturated heterocycles. The normalized spacial score (nSPS) is 9.50. The van der Waals surface area contributed by atoms with Gasteiger partial charge in [0.2, 0.25) is 0 Å². The maximum atomic E-state index is 4.73. The minimum Gasteiger partial charge on any atom is -0.194 e. The molecule has 98 valence electrons. The van der Waals surface area contributed by atoms with Crippen LogP contribution in [0, 0.1) is 13.8 Å². The second-order valence-electron chi connectivity index (χ2n) is 4.34. The van der Waals surface area contributed by atoms with Crippen molar-refractivity contribution in [2.75, 3.05) is 0 Å². The first kappa shape index (κ1) is 14.4. The van der Waals surface area contributed by atoms with Gasteiger partial charge in [0.15, 0.2) is 0 Å². The number of rotatable bonds is 3. The van der Waals surface area contributed by atoms with E-state index in [0.717, 1.165) is 33.6 Å². The van der Waals surface area contributed by atoms with Gasteiger partial charge in [-0.05, 0) is 61.5 Å². The maximum Gasteiger partial charge on any atom is 0.0821 e. The van der Waals surface area contributed by atoms with Gasteiger partial charge < -0.3 is 0 Å². The number of nitrogens with zero attached hydrogens (tertiary/aromatic N) is 2. The van der Waals surface area contributed by atoms with Crippen LogP contribution in [0.25, 0.3) is 11.1 Å². The second kappa shape index (κ2) is 6.47. The van der Waals surface area contributed by atoms with Crippen LogP contribution in [0.5, 0.6) is 0 Å². The molecule has 0 aliphatic carbocycles. The largest absolute Gasteiger partial charge is 0.194 e. The van der Waals surface area contributed by atoms with Crippen LogP contribution in [0.2, 0.25) is 0 Å². The van der Waals surface area contributed by atoms with Crippen LogP contribution in [0.4, 0.5) is 11.4 Å². The molecule has 2 aromatic rings. The highest BCUT2D eigenvalue weighted by Gasteiger charge is 2.14. The lowest BCUT2D eigenvalue weighted by atomic mass is 9.93. The number of isothiocyanates is 2. The standard InChI is InChI=1S/C16H12N2S2/c1-11-5-3-7-13(17-9-19)15(11)16-12(2)6-4-8-14(16)18-10-20/h3-8H,1-2H3. The Morgan fingerprint density at radius 3 is 1.50 bits per heavy atom. The van der Waals surface area contributed by atoms with Crippen LogP contribution in [-0.2, 0) is 0 Å². The van der Waals surface area contributed by atoms with Crippen molar-refractivity contribution in [3.63, 3.8) is 0 Å². The fourth-order valence-electron chi connectivity index (χ4n) is 2.24. The zero-order valence-corrected chi connectivity index (χ0v) is 12.8. The van der Waals surface area contributed by atoms with E-state index in [0.29, 0.717) is 0 Å². The Labute approximate surface area is 128 Å². The van der Waals surface area contributed by atoms with Crippen molar-refractivity contribution < 1.29 is 0 Å². The molecule has 0 unspecified atom stereocenters. The molecule has 0 aromatic heterocycles. The van der Waals surface area contributed by atoms with Crippen molar-refractivity contribution in [1.82, 2.24) is 0 Å². The molecular formula is C16H12N2S2. The molecule has 0 aliphatic rings. The Morgan fingerprint density at radius 1 is 0.750 bits per heavy atom. The summed E-state index contributed by atoms with van der Waals surface area (Å²) in [6.07, 6.45) is 0. The van der Waals surface area contributed by atoms with Crippen LogP contribution in [0.3, 0.4) is 0 Å². The molecule has 2 aromatic carbocycles. The average Bonchev–Trinajstić information content (AvgIpc) is 2.42. The summed E-state index contributed by atoms with van der Waals surface area (Å²) in [6, 6.07) is 11.8. The third-order valence-corrected chi connectivity index (χ3v) is 3.27. The monoisotopic (exact) mass is 296 g/mol. The van der Waals surface area contributed by atoms with Gasteiger partial charge in [-0.25, -0.2) is 0 Å². The minimum absolute atomic E-state index is 0.787. The molecule has 20 heavy (non-hydrogen) atoms. The van der Waals surface area contributed by atoms with E-state index in [9.17, 15) is 0 Å². The fraction of sp³-hybridized carbons (Fsp3) is 0.125. The number of benzene rings is 2. The van der Waals surface area contributed by atoms with Gasteiger partial charge >= 0.3 is 0 Å². The van der Waals surface area contributed by atoms with Gasteiger partial charge in [-0.15, -0.1) is 0 Å². The summed E-state index contributed by atoms with van der Waals surface area (Å²) in [5, 5.41) is 4.87. The van der Waals surface area contributed by atoms with Crippen LogP contribution < -0.4 is 0 Å². The molecule has 0 radical (unpaired) electrons. The Hall–Kier alpha value is -1.96. The maximum absolute atomic E-state index is 4.73. The Balaban J connectivity index is 2.87. The van der Waals surface area contributed by atoms with Crippen molar-refractivity contribution in [3.8, 4) is 11.1 Å². The summed E-state index contributed by atoms with van der Waals surface area (Å²) in [6.45, 7) is 4.07. The first-order valence-corrected chi connectivity index (χ1v) is 6.86. The second-order valence-corrected chi connectivity index (χ2v) is 4.71. The highest BCUT2D eigenvalue weighted by Crippen LogP contribution is 2.40. The lowest BCUT2D eigenvalue weighted by molar-refractivity contribution is 1.37. The molecule has 0 aliphatic heterocycles. The van der Waals surface area contributed by atoms with E-state index in [-0.39, 0.29) is 0 Å². The van der Waals surface area contributed by atoms with Gasteiger partial charge in [-0.2, -0.15) is 9.98 Å². The lowest BCUT2D eigenvalue weighted by Crippen LogP contribution is -1.89. The Bertz CT molecular complexity index is 688. The fourth-order valence-corrected chi connectivity index (χ4v) is 2.44. The number of thiocarbonyl (C=S) groups is 2. The van der Waals surface area contributed by atoms with Crippen LogP contribution in [0.1, 0.15) is 11.1 Å². The summed E-state index contributed by atoms with van der Waals surface area (Å²) in [5.41, 5.74) is 5.79. The van der Waals surface area contributed by atoms with E-state index >= 15 is 0 Å². The zero-order valence-electron chi connectivity index (χ0n) is 11.2. The summed E-state index contributed by atoms with van der Waals surface area (Å²) >= 11 is 9.47. The number of aryl methyl sites for hydroxylation is 2. The first-order valence-electron chi connectivity index (χ1n) is 6.04. The number of aliphatic imine (C=N–C) groups is 2. The predicted molar refractivity (Wildman–Crippen MR) is 90.7 cm³/mol. The third kappa shape index (κ3) is 2.79. The van der Waals surface area contributed by atoms with Gasteiger partial charge in [0.05, 0.1) is 21.7 Å². The van der Waals surface area contributed by atoms with Crippen LogP contribution in [0.15, 0.2) is 46.4 Å². The molecule has 2 nitrogen and oxygen atoms in total. The lowest BCUT2D eigenvalue weighted by Gasteiger charge is -2.13. The summed E-state index contributed by atoms with van der Waals surface area (Å²) in [5.74, 6) is 0. The van der Waals surface area contributed by atoms with E-state index in [1.54, 1.807) is 0 Å². The zero-order chi connectivity index (χ0) is 14.5. The third-order valence-electron chi connectivity index (χ3n) is 3.08. The molecule has 0 spiro atoms. The summed E-state index contributed by atoms with van der Waals surface area (Å²) in [7, 11) is 0. The topological polar surface area (TPSA) is 24.7 Å². The Morgan fingerprint density at radius 2 is 1.15 bits per heavy atom. The van der Waals surface area contributed by atoms with E-state index in [4.69, 9.17) is 24.4 Å². The van der Waals surface area contributed by atoms with Crippen molar-refractivity contribution in [2.24, 2.45) is 9.98 Å². The highest BCUT2D eigenvalue weighted by molar-refractivity contribution is 7.78. The summed E-state index contributed by atoms with van der Waals surface area (Å²) in [4.78, 5) is 8.33. The highest BCUT2D eigenvalue weighted by atomic mass is 32.1. The summed E-state index contributed by atoms with van der Waals surface area (Å²) < 4.78 is 0. The minimum atomic E-state index is 0.787. The Kier molecular flexibility index (Phi) is 4.67. The first-order chi connectivity index (χ1) is 9.69. The van der Waals surface area contributed by atoms with E-state index in [1.165, 1.54) is 0 Å². The SMILES string of the molecule is Cc1cccc(N=C=S)c1-c1c(C)cccc1N=C=S. The molecular weight excluding hydrogens is 284 g/mol. The number of hydrogen-bond donors (Lipinski definition) is 0. The smallest absolute Gasteiger partial charge is 0.0821 e. The van der Waals surface area contributed by atoms with Gasteiger partial charge in [0, 0.05) is 11.1 Å². The predicted octanol–water partition coefficient (Wildman–Crippen LogP) is 5.44. The number of hydrogen-bond acceptors (Lipinski definition) is 4. The molecule has 0 heterocycles. The van der Waals surface area contributed by atoms with E-state index < -0.39 is 0 Å². The molecule has 0 saturated carbocycles. The van der Waals surface area contributed by atoms with Gasteiger partial charge in [0.25, 0.3) is 0 Å². The van der Waals surface area contributed by atoms with Crippen molar-refractivity contribution in [3.05, 3.63) is 47.5 Å². The molecule has 2 rings (SSSR count). The van der Waals surface area contributed by atoms with Gasteiger partial charge in [0.1, 0.15) is 0 Å². The average molecular weight is 296 g/mol. The van der Waals surface area contributed by atoms with Crippen molar-refractivity contribution in [1.29, 1.82) is 0 Å². The van der Waals surface area contributed by atoms with Crippen molar-refractivity contribution in [2.45, 2.75) is 13.8 Å². The van der Waals surface area contributed by atoms with Crippen molar-refractivity contribution >= 4 is 46.1 Å². The van der Waals surface area contributed by atoms with Gasteiger partial charge in [-0.3, -0.25) is 0 Å². The molecule has 0 atom stereocenters.